The van der Waals surface area contributed by atoms with Crippen LogP contribution in [0.4, 0.5) is 18.9 Å². The normalized spacial score (nSPS) is 13.1. The zero-order valence-corrected chi connectivity index (χ0v) is 22.5. The molecule has 0 aliphatic heterocycles. The Kier molecular flexibility index (Phi) is 8.19. The Balaban J connectivity index is 1.34. The molecule has 1 aliphatic rings. The quantitative estimate of drug-likeness (QED) is 0.209. The molecular formula is C29H28F3N7O2. The highest BCUT2D eigenvalue weighted by molar-refractivity contribution is 6.04. The molecule has 3 aromatic heterocycles. The number of rotatable bonds is 9. The van der Waals surface area contributed by atoms with Crippen molar-refractivity contribution in [1.29, 1.82) is 0 Å². The second-order valence-corrected chi connectivity index (χ2v) is 9.61. The van der Waals surface area contributed by atoms with Gasteiger partial charge in [0.25, 0.3) is 5.91 Å². The van der Waals surface area contributed by atoms with Crippen LogP contribution in [0.3, 0.4) is 0 Å². The Morgan fingerprint density at radius 2 is 1.93 bits per heavy atom. The van der Waals surface area contributed by atoms with Crippen LogP contribution in [-0.4, -0.2) is 51.7 Å². The van der Waals surface area contributed by atoms with Crippen LogP contribution in [0.25, 0.3) is 5.65 Å². The number of ether oxygens (including phenoxy) is 1. The Labute approximate surface area is 234 Å². The number of imidazole rings is 1. The average Bonchev–Trinajstić information content (AvgIpc) is 3.67. The van der Waals surface area contributed by atoms with Crippen LogP contribution in [0.2, 0.25) is 0 Å². The number of benzene rings is 1. The number of halogens is 3. The van der Waals surface area contributed by atoms with Crippen molar-refractivity contribution >= 4 is 17.2 Å². The van der Waals surface area contributed by atoms with E-state index in [1.165, 1.54) is 18.3 Å². The lowest BCUT2D eigenvalue weighted by Gasteiger charge is -2.16. The maximum Gasteiger partial charge on any atom is 0.416 e. The summed E-state index contributed by atoms with van der Waals surface area (Å²) in [6.07, 6.45) is 0.591. The van der Waals surface area contributed by atoms with Gasteiger partial charge in [0.05, 0.1) is 23.0 Å². The number of hydrogen-bond acceptors (Lipinski definition) is 7. The van der Waals surface area contributed by atoms with Crippen LogP contribution in [0.15, 0.2) is 48.8 Å². The van der Waals surface area contributed by atoms with Gasteiger partial charge in [-0.3, -0.25) is 9.78 Å². The summed E-state index contributed by atoms with van der Waals surface area (Å²) in [7, 11) is 1.76. The van der Waals surface area contributed by atoms with E-state index in [1.807, 2.05) is 0 Å². The number of nitrogens with one attached hydrogen (secondary N) is 3. The van der Waals surface area contributed by atoms with Crippen LogP contribution in [0.5, 0.6) is 5.88 Å². The molecule has 0 bridgehead atoms. The Morgan fingerprint density at radius 1 is 1.10 bits per heavy atom. The highest BCUT2D eigenvalue weighted by Gasteiger charge is 2.33. The largest absolute Gasteiger partial charge is 0.473 e. The van der Waals surface area contributed by atoms with E-state index in [-0.39, 0.29) is 29.5 Å². The van der Waals surface area contributed by atoms with Gasteiger partial charge in [0.15, 0.2) is 5.65 Å². The molecule has 4 aromatic rings. The van der Waals surface area contributed by atoms with E-state index in [0.717, 1.165) is 18.9 Å². The van der Waals surface area contributed by atoms with E-state index in [4.69, 9.17) is 4.74 Å². The second kappa shape index (κ2) is 12.0. The Morgan fingerprint density at radius 3 is 2.68 bits per heavy atom. The third-order valence-electron chi connectivity index (χ3n) is 6.36. The van der Waals surface area contributed by atoms with Gasteiger partial charge in [-0.15, -0.1) is 5.10 Å². The number of pyridine rings is 1. The van der Waals surface area contributed by atoms with Gasteiger partial charge in [-0.1, -0.05) is 12.0 Å². The van der Waals surface area contributed by atoms with Crippen LogP contribution in [-0.2, 0) is 12.7 Å². The maximum absolute atomic E-state index is 13.7. The summed E-state index contributed by atoms with van der Waals surface area (Å²) in [5, 5.41) is 12.9. The van der Waals surface area contributed by atoms with Gasteiger partial charge < -0.3 is 20.7 Å². The molecule has 0 saturated heterocycles. The van der Waals surface area contributed by atoms with E-state index < -0.39 is 17.6 Å². The number of carbonyl (C=O) groups is 1. The van der Waals surface area contributed by atoms with Gasteiger partial charge in [-0.05, 0) is 62.6 Å². The van der Waals surface area contributed by atoms with Gasteiger partial charge >= 0.3 is 6.18 Å². The predicted octanol–water partition coefficient (Wildman–Crippen LogP) is 3.95. The molecule has 3 N–H and O–H groups in total. The molecular weight excluding hydrogens is 535 g/mol. The SMILES string of the molecule is CNCCNCc1ccc(NC(=O)c2cnc(C)c(C#Cc3cnc4ccc(OC5CC5)nn34)c2)cc1C(F)(F)F. The first kappa shape index (κ1) is 28.1. The fourth-order valence-electron chi connectivity index (χ4n) is 3.99. The third kappa shape index (κ3) is 7.00. The minimum atomic E-state index is -4.58. The number of carbonyl (C=O) groups excluding carboxylic acids is 1. The van der Waals surface area contributed by atoms with Crippen molar-refractivity contribution in [2.24, 2.45) is 0 Å². The van der Waals surface area contributed by atoms with Crippen molar-refractivity contribution in [3.05, 3.63) is 82.4 Å². The number of nitrogens with zero attached hydrogens (tertiary/aromatic N) is 4. The molecule has 1 fully saturated rings. The summed E-state index contributed by atoms with van der Waals surface area (Å²) < 4.78 is 48.6. The first-order chi connectivity index (χ1) is 19.7. The molecule has 1 aliphatic carbocycles. The van der Waals surface area contributed by atoms with E-state index >= 15 is 0 Å². The molecule has 41 heavy (non-hydrogen) atoms. The number of anilines is 1. The Hall–Kier alpha value is -4.47. The van der Waals surface area contributed by atoms with E-state index in [2.05, 4.69) is 42.9 Å². The molecule has 5 rings (SSSR count). The predicted molar refractivity (Wildman–Crippen MR) is 147 cm³/mol. The lowest BCUT2D eigenvalue weighted by atomic mass is 10.1. The first-order valence-electron chi connectivity index (χ1n) is 13.1. The number of fused-ring (bicyclic) bond motifs is 1. The molecule has 1 saturated carbocycles. The highest BCUT2D eigenvalue weighted by atomic mass is 19.4. The molecule has 12 heteroatoms. The minimum absolute atomic E-state index is 0.0236. The smallest absolute Gasteiger partial charge is 0.416 e. The summed E-state index contributed by atoms with van der Waals surface area (Å²) in [6.45, 7) is 2.94. The van der Waals surface area contributed by atoms with Crippen LogP contribution < -0.4 is 20.7 Å². The zero-order valence-electron chi connectivity index (χ0n) is 22.5. The highest BCUT2D eigenvalue weighted by Crippen LogP contribution is 2.34. The van der Waals surface area contributed by atoms with Gasteiger partial charge in [0, 0.05) is 43.1 Å². The number of aromatic nitrogens is 4. The number of aryl methyl sites for hydroxylation is 1. The molecule has 0 spiro atoms. The molecule has 0 radical (unpaired) electrons. The molecule has 0 unspecified atom stereocenters. The van der Waals surface area contributed by atoms with E-state index in [9.17, 15) is 18.0 Å². The van der Waals surface area contributed by atoms with Gasteiger partial charge in [0.2, 0.25) is 5.88 Å². The van der Waals surface area contributed by atoms with Crippen LogP contribution >= 0.6 is 0 Å². The standard InChI is InChI=1S/C29H28F3N7O2/c1-18-19(4-6-23-17-36-26-9-10-27(38-39(23)26)41-24-7-8-24)13-21(16-35-18)28(40)37-22-5-3-20(15-34-12-11-33-2)25(14-22)29(30,31)32/h3,5,9-10,13-14,16-17,24,33-34H,7-8,11-12,15H2,1-2H3,(H,37,40). The van der Waals surface area contributed by atoms with Crippen molar-refractivity contribution in [2.75, 3.05) is 25.5 Å². The number of hydrogen-bond donors (Lipinski definition) is 3. The Bertz CT molecular complexity index is 1640. The fourth-order valence-corrected chi connectivity index (χ4v) is 3.99. The lowest BCUT2D eigenvalue weighted by molar-refractivity contribution is -0.138. The van der Waals surface area contributed by atoms with Gasteiger partial charge in [0.1, 0.15) is 11.8 Å². The zero-order chi connectivity index (χ0) is 29.0. The van der Waals surface area contributed by atoms with Crippen molar-refractivity contribution in [2.45, 2.75) is 38.6 Å². The summed E-state index contributed by atoms with van der Waals surface area (Å²) in [5.41, 5.74) is 1.66. The molecule has 3 heterocycles. The molecule has 9 nitrogen and oxygen atoms in total. The van der Waals surface area contributed by atoms with E-state index in [1.54, 1.807) is 42.9 Å². The van der Waals surface area contributed by atoms with Crippen LogP contribution in [0.1, 0.15) is 51.3 Å². The van der Waals surface area contributed by atoms with Crippen molar-refractivity contribution in [1.82, 2.24) is 30.2 Å². The van der Waals surface area contributed by atoms with Gasteiger partial charge in [-0.2, -0.15) is 13.2 Å². The maximum atomic E-state index is 13.7. The average molecular weight is 564 g/mol. The second-order valence-electron chi connectivity index (χ2n) is 9.61. The molecule has 0 atom stereocenters. The van der Waals surface area contributed by atoms with Crippen molar-refractivity contribution in [3.8, 4) is 17.7 Å². The number of alkyl halides is 3. The fraction of sp³-hybridized carbons (Fsp3) is 0.310. The topological polar surface area (TPSA) is 105 Å². The summed E-state index contributed by atoms with van der Waals surface area (Å²) in [4.78, 5) is 21.5. The molecule has 1 aromatic carbocycles. The van der Waals surface area contributed by atoms with E-state index in [0.29, 0.717) is 41.6 Å². The monoisotopic (exact) mass is 563 g/mol. The summed E-state index contributed by atoms with van der Waals surface area (Å²) in [6, 6.07) is 8.86. The number of likely N-dealkylation sites (N-methyl/N-ethyl adjacent to an activating group) is 1. The first-order valence-corrected chi connectivity index (χ1v) is 13.1. The van der Waals surface area contributed by atoms with Crippen molar-refractivity contribution in [3.63, 3.8) is 0 Å². The lowest BCUT2D eigenvalue weighted by Crippen LogP contribution is -2.25. The number of amides is 1. The molecule has 212 valence electrons. The van der Waals surface area contributed by atoms with Gasteiger partial charge in [-0.25, -0.2) is 9.50 Å². The summed E-state index contributed by atoms with van der Waals surface area (Å²) in [5.74, 6) is 5.91. The van der Waals surface area contributed by atoms with Crippen molar-refractivity contribution < 1.29 is 22.7 Å². The molecule has 1 amide bonds. The minimum Gasteiger partial charge on any atom is -0.473 e. The third-order valence-corrected chi connectivity index (χ3v) is 6.36. The van der Waals surface area contributed by atoms with Crippen LogP contribution in [0, 0.1) is 18.8 Å². The summed E-state index contributed by atoms with van der Waals surface area (Å²) >= 11 is 0.